The summed E-state index contributed by atoms with van der Waals surface area (Å²) in [6.07, 6.45) is 0. The van der Waals surface area contributed by atoms with E-state index >= 15 is 0 Å². The molecule has 0 radical (unpaired) electrons. The molecule has 5 heteroatoms. The Morgan fingerprint density at radius 1 is 0.714 bits per heavy atom. The molecule has 2 aromatic carbocycles. The number of carboxylic acid groups (broad SMARTS) is 2. The molecule has 0 aliphatic carbocycles. The zero-order valence-corrected chi connectivity index (χ0v) is 14.8. The molecule has 0 spiro atoms. The average Bonchev–Trinajstić information content (AvgIpc) is 2.50. The Hall–Kier alpha value is -1.82. The summed E-state index contributed by atoms with van der Waals surface area (Å²) in [4.78, 5) is 24.8. The van der Waals surface area contributed by atoms with Crippen molar-refractivity contribution in [3.63, 3.8) is 0 Å². The summed E-state index contributed by atoms with van der Waals surface area (Å²) < 4.78 is 0. The quantitative estimate of drug-likeness (QED) is 0.713. The van der Waals surface area contributed by atoms with Crippen LogP contribution in [0.4, 0.5) is 0 Å². The first-order valence-electron chi connectivity index (χ1n) is 6.14. The summed E-state index contributed by atoms with van der Waals surface area (Å²) in [7, 11) is 0. The van der Waals surface area contributed by atoms with E-state index < -0.39 is 11.9 Å². The molecule has 0 aliphatic rings. The molecule has 0 atom stereocenters. The van der Waals surface area contributed by atoms with E-state index in [1.165, 1.54) is 24.3 Å². The third-order valence-corrected chi connectivity index (χ3v) is 2.02. The summed E-state index contributed by atoms with van der Waals surface area (Å²) >= 11 is 0.230. The van der Waals surface area contributed by atoms with E-state index in [0.717, 1.165) is 0 Å². The molecule has 0 N–H and O–H groups in total. The third kappa shape index (κ3) is 9.67. The maximum atomic E-state index is 10.1. The van der Waals surface area contributed by atoms with Crippen molar-refractivity contribution in [3.8, 4) is 0 Å². The molecule has 0 aliphatic heterocycles. The van der Waals surface area contributed by atoms with Crippen molar-refractivity contribution >= 4 is 33.1 Å². The molecule has 21 heavy (non-hydrogen) atoms. The second-order valence-corrected chi connectivity index (χ2v) is 6.66. The fraction of sp³-hybridized carbons (Fsp3) is 0.125. The van der Waals surface area contributed by atoms with Gasteiger partial charge in [0.25, 0.3) is 0 Å². The van der Waals surface area contributed by atoms with Crippen molar-refractivity contribution in [2.24, 2.45) is 0 Å². The third-order valence-electron chi connectivity index (χ3n) is 2.02. The van der Waals surface area contributed by atoms with Gasteiger partial charge in [0.2, 0.25) is 0 Å². The number of aromatic carboxylic acids is 2. The summed E-state index contributed by atoms with van der Waals surface area (Å²) in [5.41, 5.74) is 0.440. The van der Waals surface area contributed by atoms with E-state index in [1.54, 1.807) is 36.4 Å². The van der Waals surface area contributed by atoms with Crippen molar-refractivity contribution in [1.29, 1.82) is 0 Å². The fourth-order valence-corrected chi connectivity index (χ4v) is 1.15. The van der Waals surface area contributed by atoms with Crippen LogP contribution in [-0.2, 0) is 0 Å². The fourth-order valence-electron chi connectivity index (χ4n) is 1.15. The van der Waals surface area contributed by atoms with Gasteiger partial charge in [-0.2, -0.15) is 0 Å². The van der Waals surface area contributed by atoms with Gasteiger partial charge in [0.1, 0.15) is 0 Å². The van der Waals surface area contributed by atoms with Crippen molar-refractivity contribution in [2.75, 3.05) is 0 Å². The van der Waals surface area contributed by atoms with Crippen LogP contribution < -0.4 is 10.2 Å². The first-order chi connectivity index (χ1) is 10.0. The molecule has 0 saturated heterocycles. The van der Waals surface area contributed by atoms with Gasteiger partial charge in [-0.3, -0.25) is 0 Å². The van der Waals surface area contributed by atoms with Crippen LogP contribution in [0.15, 0.2) is 60.7 Å². The molecule has 2 aromatic rings. The van der Waals surface area contributed by atoms with Gasteiger partial charge < -0.3 is 19.8 Å². The topological polar surface area (TPSA) is 80.3 Å². The van der Waals surface area contributed by atoms with Crippen molar-refractivity contribution in [3.05, 3.63) is 71.8 Å². The number of hydrogen-bond acceptors (Lipinski definition) is 4. The molecule has 4 nitrogen and oxygen atoms in total. The van der Waals surface area contributed by atoms with Crippen LogP contribution in [0.1, 0.15) is 20.7 Å². The predicted octanol–water partition coefficient (Wildman–Crippen LogP) is 0.887. The van der Waals surface area contributed by atoms with Crippen molar-refractivity contribution < 1.29 is 19.8 Å². The van der Waals surface area contributed by atoms with E-state index in [4.69, 9.17) is 0 Å². The molecule has 0 aromatic heterocycles. The minimum absolute atomic E-state index is 0.220. The van der Waals surface area contributed by atoms with Crippen LogP contribution in [0, 0.1) is 0 Å². The Morgan fingerprint density at radius 3 is 1.10 bits per heavy atom. The standard InChI is InChI=1S/2C7H6O2.2CH3.Sn/c2*8-7(9)6-4-2-1-3-5-6;;;/h2*1-5H,(H,8,9);2*1H3;/q;;;;+2/p-2. The first kappa shape index (κ1) is 19.2. The first-order valence-corrected chi connectivity index (χ1v) is 11.8. The summed E-state index contributed by atoms with van der Waals surface area (Å²) in [5, 5.41) is 20.2. The number of carbonyl (C=O) groups excluding carboxylic acids is 2. The van der Waals surface area contributed by atoms with Crippen molar-refractivity contribution in [2.45, 2.75) is 9.88 Å². The van der Waals surface area contributed by atoms with Gasteiger partial charge in [0.05, 0.1) is 11.9 Å². The zero-order valence-electron chi connectivity index (χ0n) is 11.9. The maximum absolute atomic E-state index is 10.1. The number of carbonyl (C=O) groups is 2. The number of benzene rings is 2. The summed E-state index contributed by atoms with van der Waals surface area (Å²) in [5.74, 6) is -2.26. The molecule has 0 fully saturated rings. The normalized spacial score (nSPS) is 8.10. The molecule has 108 valence electrons. The SMILES string of the molecule is O=C([O-])c1ccccc1.O=C([O-])c1ccccc1.[CH3][Sn+2][CH3]. The van der Waals surface area contributed by atoms with Crippen LogP contribution in [0.25, 0.3) is 0 Å². The van der Waals surface area contributed by atoms with Gasteiger partial charge in [-0.15, -0.1) is 0 Å². The van der Waals surface area contributed by atoms with E-state index in [0.29, 0.717) is 0 Å². The predicted molar refractivity (Wildman–Crippen MR) is 79.0 cm³/mol. The average molecular weight is 391 g/mol. The molecular weight excluding hydrogens is 375 g/mol. The van der Waals surface area contributed by atoms with E-state index in [2.05, 4.69) is 9.88 Å². The summed E-state index contributed by atoms with van der Waals surface area (Å²) in [6.45, 7) is 0. The molecule has 2 rings (SSSR count). The number of rotatable bonds is 2. The Labute approximate surface area is 134 Å². The zero-order chi connectivity index (χ0) is 16.1. The van der Waals surface area contributed by atoms with Gasteiger partial charge >= 0.3 is 31.0 Å². The van der Waals surface area contributed by atoms with Crippen LogP contribution in [-0.4, -0.2) is 33.1 Å². The Morgan fingerprint density at radius 2 is 0.952 bits per heavy atom. The van der Waals surface area contributed by atoms with Gasteiger partial charge in [0.15, 0.2) is 0 Å². The molecule has 0 bridgehead atoms. The van der Waals surface area contributed by atoms with Crippen LogP contribution in [0.3, 0.4) is 0 Å². The van der Waals surface area contributed by atoms with Gasteiger partial charge in [-0.1, -0.05) is 60.7 Å². The van der Waals surface area contributed by atoms with Gasteiger partial charge in [0, 0.05) is 0 Å². The van der Waals surface area contributed by atoms with Crippen molar-refractivity contribution in [1.82, 2.24) is 0 Å². The van der Waals surface area contributed by atoms with E-state index in [1.807, 2.05) is 0 Å². The van der Waals surface area contributed by atoms with Crippen LogP contribution in [0.5, 0.6) is 0 Å². The van der Waals surface area contributed by atoms with Crippen LogP contribution >= 0.6 is 0 Å². The second kappa shape index (κ2) is 12.0. The van der Waals surface area contributed by atoms with Crippen LogP contribution in [0.2, 0.25) is 9.88 Å². The number of carboxylic acids is 2. The summed E-state index contributed by atoms with van der Waals surface area (Å²) in [6, 6.07) is 16.1. The van der Waals surface area contributed by atoms with E-state index in [-0.39, 0.29) is 32.3 Å². The molecule has 0 heterocycles. The van der Waals surface area contributed by atoms with E-state index in [9.17, 15) is 19.8 Å². The Bertz CT molecular complexity index is 477. The van der Waals surface area contributed by atoms with Gasteiger partial charge in [-0.05, 0) is 11.1 Å². The Kier molecular flexibility index (Phi) is 10.9. The number of hydrogen-bond donors (Lipinski definition) is 0. The molecule has 0 amide bonds. The molecular formula is C16H16O4Sn. The molecule has 0 saturated carbocycles. The minimum atomic E-state index is -1.13. The molecule has 0 unspecified atom stereocenters. The second-order valence-electron chi connectivity index (χ2n) is 3.81. The van der Waals surface area contributed by atoms with Gasteiger partial charge in [-0.25, -0.2) is 0 Å². The monoisotopic (exact) mass is 392 g/mol. The Balaban J connectivity index is 0.000000322.